The summed E-state index contributed by atoms with van der Waals surface area (Å²) in [7, 11) is -2.08. The Balaban J connectivity index is 5.65. The second-order valence-corrected chi connectivity index (χ2v) is 10.4. The maximum atomic E-state index is 11.6. The Morgan fingerprint density at radius 3 is 1.57 bits per heavy atom. The van der Waals surface area contributed by atoms with Crippen molar-refractivity contribution in [2.75, 3.05) is 0 Å². The molecule has 0 spiro atoms. The van der Waals surface area contributed by atoms with E-state index in [0.29, 0.717) is 0 Å². The van der Waals surface area contributed by atoms with Crippen molar-refractivity contribution in [1.82, 2.24) is 0 Å². The predicted octanol–water partition coefficient (Wildman–Crippen LogP) is 2.39. The van der Waals surface area contributed by atoms with Gasteiger partial charge in [0.25, 0.3) is 0 Å². The first-order valence-electron chi connectivity index (χ1n) is 4.83. The van der Waals surface area contributed by atoms with E-state index in [2.05, 4.69) is 0 Å². The third-order valence-electron chi connectivity index (χ3n) is 2.94. The maximum Gasteiger partial charge on any atom is 0.314 e. The first kappa shape index (κ1) is 13.4. The number of aliphatic carboxylic acids is 1. The number of rotatable bonds is 4. The predicted molar refractivity (Wildman–Crippen MR) is 59.2 cm³/mol. The van der Waals surface area contributed by atoms with Gasteiger partial charge in [-0.25, -0.2) is 0 Å². The number of carboxylic acids is 1. The number of carbonyl (C=O) groups is 2. The number of carbonyl (C=O) groups excluding carboxylic acids is 1. The number of hydrogen-bond donors (Lipinski definition) is 1. The van der Waals surface area contributed by atoms with Gasteiger partial charge in [-0.2, -0.15) is 0 Å². The molecule has 0 rings (SSSR count). The van der Waals surface area contributed by atoms with E-state index in [9.17, 15) is 14.7 Å². The number of carboxylic acid groups (broad SMARTS) is 1. The van der Waals surface area contributed by atoms with E-state index in [-0.39, 0.29) is 11.7 Å². The van der Waals surface area contributed by atoms with E-state index in [1.54, 1.807) is 0 Å². The van der Waals surface area contributed by atoms with Crippen LogP contribution in [0.15, 0.2) is 0 Å². The van der Waals surface area contributed by atoms with Gasteiger partial charge in [0.15, 0.2) is 0 Å². The summed E-state index contributed by atoms with van der Waals surface area (Å²) in [6.45, 7) is 10.8. The fourth-order valence-corrected chi connectivity index (χ4v) is 5.95. The molecule has 0 aromatic heterocycles. The minimum absolute atomic E-state index is 0.149. The standard InChI is InChI=1S/C10H20O3Si/c1-7(2)10(8(3)11,9(12)13)14(4,5)6/h7H,1-6H3,(H,12,13). The molecule has 0 bridgehead atoms. The third kappa shape index (κ3) is 1.75. The van der Waals surface area contributed by atoms with Crippen LogP contribution < -0.4 is 0 Å². The summed E-state index contributed by atoms with van der Waals surface area (Å²) in [5, 5.41) is 8.17. The van der Waals surface area contributed by atoms with Crippen LogP contribution in [0.3, 0.4) is 0 Å². The van der Waals surface area contributed by atoms with E-state index >= 15 is 0 Å². The fraction of sp³-hybridized carbons (Fsp3) is 0.800. The fourth-order valence-electron chi connectivity index (χ4n) is 2.52. The van der Waals surface area contributed by atoms with Crippen molar-refractivity contribution >= 4 is 19.8 Å². The topological polar surface area (TPSA) is 54.4 Å². The molecule has 0 aliphatic carbocycles. The third-order valence-corrected chi connectivity index (χ3v) is 6.45. The van der Waals surface area contributed by atoms with Crippen LogP contribution in [-0.4, -0.2) is 24.9 Å². The van der Waals surface area contributed by atoms with Crippen LogP contribution in [0.25, 0.3) is 0 Å². The van der Waals surface area contributed by atoms with Gasteiger partial charge in [0.2, 0.25) is 0 Å². The lowest BCUT2D eigenvalue weighted by atomic mass is 9.91. The van der Waals surface area contributed by atoms with Crippen molar-refractivity contribution in [3.63, 3.8) is 0 Å². The molecule has 14 heavy (non-hydrogen) atoms. The lowest BCUT2D eigenvalue weighted by molar-refractivity contribution is -0.146. The van der Waals surface area contributed by atoms with Gasteiger partial charge in [-0.1, -0.05) is 33.5 Å². The lowest BCUT2D eigenvalue weighted by Gasteiger charge is -2.40. The summed E-state index contributed by atoms with van der Waals surface area (Å²) in [5.41, 5.74) is 0. The molecule has 0 radical (unpaired) electrons. The number of ketones is 1. The SMILES string of the molecule is CC(=O)C(C(=O)O)(C(C)C)[Si](C)(C)C. The second kappa shape index (κ2) is 3.85. The van der Waals surface area contributed by atoms with Crippen LogP contribution in [0.1, 0.15) is 20.8 Å². The molecule has 0 aromatic rings. The zero-order chi connectivity index (χ0) is 11.7. The molecule has 0 aliphatic heterocycles. The van der Waals surface area contributed by atoms with Crippen LogP contribution in [0.2, 0.25) is 24.7 Å². The molecule has 0 aromatic carbocycles. The molecule has 0 saturated heterocycles. The van der Waals surface area contributed by atoms with Gasteiger partial charge < -0.3 is 5.11 Å². The summed E-state index contributed by atoms with van der Waals surface area (Å²) in [5.74, 6) is -1.32. The molecule has 1 N–H and O–H groups in total. The molecule has 1 unspecified atom stereocenters. The highest BCUT2D eigenvalue weighted by molar-refractivity contribution is 6.86. The highest BCUT2D eigenvalue weighted by atomic mass is 28.3. The van der Waals surface area contributed by atoms with E-state index in [1.165, 1.54) is 6.92 Å². The number of hydrogen-bond acceptors (Lipinski definition) is 2. The summed E-state index contributed by atoms with van der Waals surface area (Å²) in [6, 6.07) is 0. The summed E-state index contributed by atoms with van der Waals surface area (Å²) in [6.07, 6.45) is 0. The Morgan fingerprint density at radius 1 is 1.21 bits per heavy atom. The molecular weight excluding hydrogens is 196 g/mol. The second-order valence-electron chi connectivity index (χ2n) is 5.07. The Bertz CT molecular complexity index is 237. The van der Waals surface area contributed by atoms with Crippen LogP contribution in [0.5, 0.6) is 0 Å². The maximum absolute atomic E-state index is 11.6. The molecule has 3 nitrogen and oxygen atoms in total. The first-order valence-corrected chi connectivity index (χ1v) is 8.33. The van der Waals surface area contributed by atoms with Crippen LogP contribution in [-0.2, 0) is 9.59 Å². The van der Waals surface area contributed by atoms with Crippen molar-refractivity contribution in [3.8, 4) is 0 Å². The zero-order valence-electron chi connectivity index (χ0n) is 9.84. The molecule has 4 heteroatoms. The smallest absolute Gasteiger partial charge is 0.314 e. The quantitative estimate of drug-likeness (QED) is 0.580. The first-order chi connectivity index (χ1) is 6.08. The van der Waals surface area contributed by atoms with Gasteiger partial charge in [-0.05, 0) is 12.8 Å². The van der Waals surface area contributed by atoms with Gasteiger partial charge in [-0.15, -0.1) is 0 Å². The van der Waals surface area contributed by atoms with Gasteiger partial charge in [-0.3, -0.25) is 9.59 Å². The number of Topliss-reactive ketones (excluding diaryl/α,β-unsaturated/α-hetero) is 1. The Kier molecular flexibility index (Phi) is 3.67. The molecule has 0 heterocycles. The van der Waals surface area contributed by atoms with Crippen molar-refractivity contribution < 1.29 is 14.7 Å². The minimum Gasteiger partial charge on any atom is -0.481 e. The summed E-state index contributed by atoms with van der Waals surface area (Å²) >= 11 is 0. The van der Waals surface area contributed by atoms with E-state index < -0.39 is 19.1 Å². The lowest BCUT2D eigenvalue weighted by Crippen LogP contribution is -2.53. The average Bonchev–Trinajstić information content (AvgIpc) is 1.79. The summed E-state index contributed by atoms with van der Waals surface area (Å²) in [4.78, 5) is 23.0. The highest BCUT2D eigenvalue weighted by Gasteiger charge is 2.55. The monoisotopic (exact) mass is 216 g/mol. The Morgan fingerprint density at radius 2 is 1.57 bits per heavy atom. The molecule has 0 saturated carbocycles. The highest BCUT2D eigenvalue weighted by Crippen LogP contribution is 2.46. The minimum atomic E-state index is -2.08. The molecule has 0 amide bonds. The van der Waals surface area contributed by atoms with Crippen LogP contribution in [0, 0.1) is 5.92 Å². The van der Waals surface area contributed by atoms with E-state index in [0.717, 1.165) is 0 Å². The van der Waals surface area contributed by atoms with Gasteiger partial charge >= 0.3 is 5.97 Å². The van der Waals surface area contributed by atoms with Gasteiger partial charge in [0.05, 0.1) is 8.07 Å². The molecule has 0 fully saturated rings. The summed E-state index contributed by atoms with van der Waals surface area (Å²) < 4.78 is 0. The van der Waals surface area contributed by atoms with Crippen molar-refractivity contribution in [2.45, 2.75) is 45.5 Å². The van der Waals surface area contributed by atoms with Crippen molar-refractivity contribution in [2.24, 2.45) is 5.92 Å². The van der Waals surface area contributed by atoms with Crippen molar-refractivity contribution in [1.29, 1.82) is 0 Å². The van der Waals surface area contributed by atoms with Gasteiger partial charge in [0, 0.05) is 0 Å². The Hall–Kier alpha value is -0.643. The molecule has 1 atom stereocenters. The van der Waals surface area contributed by atoms with E-state index in [4.69, 9.17) is 0 Å². The normalized spacial score (nSPS) is 16.5. The average molecular weight is 216 g/mol. The Labute approximate surface area is 86.5 Å². The van der Waals surface area contributed by atoms with Crippen LogP contribution >= 0.6 is 0 Å². The molecular formula is C10H20O3Si. The zero-order valence-corrected chi connectivity index (χ0v) is 10.8. The van der Waals surface area contributed by atoms with Gasteiger partial charge in [0.1, 0.15) is 10.8 Å². The van der Waals surface area contributed by atoms with Crippen molar-refractivity contribution in [3.05, 3.63) is 0 Å². The molecule has 82 valence electrons. The largest absolute Gasteiger partial charge is 0.481 e. The molecule has 0 aliphatic rings. The van der Waals surface area contributed by atoms with Crippen LogP contribution in [0.4, 0.5) is 0 Å². The van der Waals surface area contributed by atoms with E-state index in [1.807, 2.05) is 33.5 Å².